The number of benzene rings is 1. The zero-order valence-corrected chi connectivity index (χ0v) is 22.8. The van der Waals surface area contributed by atoms with E-state index < -0.39 is 18.2 Å². The number of nitrogens with one attached hydrogen (secondary N) is 1. The van der Waals surface area contributed by atoms with Crippen LogP contribution in [0.1, 0.15) is 56.3 Å². The number of amides is 2. The molecule has 1 aliphatic carbocycles. The van der Waals surface area contributed by atoms with Crippen molar-refractivity contribution in [1.82, 2.24) is 15.1 Å². The molecule has 3 aliphatic heterocycles. The fraction of sp³-hybridized carbons (Fsp3) is 0.690. The van der Waals surface area contributed by atoms with Crippen LogP contribution in [0.25, 0.3) is 0 Å². The zero-order valence-electron chi connectivity index (χ0n) is 22.8. The maximum Gasteiger partial charge on any atom is 0.251 e. The quantitative estimate of drug-likeness (QED) is 0.527. The van der Waals surface area contributed by atoms with Crippen molar-refractivity contribution in [2.24, 2.45) is 5.92 Å². The first-order valence-electron chi connectivity index (χ1n) is 14.4. The molecule has 3 heterocycles. The lowest BCUT2D eigenvalue weighted by Gasteiger charge is -2.36. The Morgan fingerprint density at radius 2 is 1.79 bits per heavy atom. The van der Waals surface area contributed by atoms with Gasteiger partial charge in [0.05, 0.1) is 6.54 Å². The molecule has 1 aromatic rings. The van der Waals surface area contributed by atoms with Crippen LogP contribution in [0.2, 0.25) is 0 Å². The van der Waals surface area contributed by atoms with Crippen molar-refractivity contribution in [1.29, 1.82) is 0 Å². The van der Waals surface area contributed by atoms with Gasteiger partial charge in [0.1, 0.15) is 30.9 Å². The van der Waals surface area contributed by atoms with Gasteiger partial charge in [-0.1, -0.05) is 19.8 Å². The van der Waals surface area contributed by atoms with Gasteiger partial charge in [0, 0.05) is 44.0 Å². The summed E-state index contributed by atoms with van der Waals surface area (Å²) in [5.74, 6) is -0.469. The van der Waals surface area contributed by atoms with Crippen LogP contribution < -0.4 is 10.2 Å². The second-order valence-electron chi connectivity index (χ2n) is 11.0. The molecule has 208 valence electrons. The van der Waals surface area contributed by atoms with Gasteiger partial charge in [0.2, 0.25) is 5.91 Å². The van der Waals surface area contributed by atoms with Gasteiger partial charge >= 0.3 is 0 Å². The fourth-order valence-corrected chi connectivity index (χ4v) is 6.64. The number of rotatable bonds is 9. The van der Waals surface area contributed by atoms with Crippen LogP contribution in [0.4, 0.5) is 5.69 Å². The predicted octanol–water partition coefficient (Wildman–Crippen LogP) is 2.09. The Morgan fingerprint density at radius 3 is 2.45 bits per heavy atom. The molecule has 4 aliphatic rings. The number of ketones is 1. The van der Waals surface area contributed by atoms with E-state index >= 15 is 0 Å². The maximum atomic E-state index is 13.9. The van der Waals surface area contributed by atoms with Gasteiger partial charge in [-0.3, -0.25) is 19.3 Å². The molecule has 0 bridgehead atoms. The van der Waals surface area contributed by atoms with Crippen LogP contribution in [0.15, 0.2) is 24.3 Å². The van der Waals surface area contributed by atoms with E-state index in [1.165, 1.54) is 6.42 Å². The maximum absolute atomic E-state index is 13.9. The number of likely N-dealkylation sites (tertiary alicyclic amines) is 1. The molecule has 4 atom stereocenters. The van der Waals surface area contributed by atoms with E-state index in [-0.39, 0.29) is 36.2 Å². The molecule has 0 radical (unpaired) electrons. The van der Waals surface area contributed by atoms with Gasteiger partial charge in [-0.05, 0) is 62.9 Å². The number of hydrogen-bond donors (Lipinski definition) is 1. The molecule has 0 aromatic heterocycles. The number of hydrogen-bond acceptors (Lipinski definition) is 7. The van der Waals surface area contributed by atoms with Crippen molar-refractivity contribution in [3.05, 3.63) is 29.8 Å². The first-order valence-corrected chi connectivity index (χ1v) is 14.4. The van der Waals surface area contributed by atoms with Gasteiger partial charge in [0.15, 0.2) is 5.78 Å². The molecule has 9 heteroatoms. The second kappa shape index (κ2) is 12.1. The Morgan fingerprint density at radius 1 is 1.08 bits per heavy atom. The molecule has 5 rings (SSSR count). The van der Waals surface area contributed by atoms with Crippen LogP contribution in [0.3, 0.4) is 0 Å². The monoisotopic (exact) mass is 526 g/mol. The largest absolute Gasteiger partial charge is 0.374 e. The Hall–Kier alpha value is -2.49. The van der Waals surface area contributed by atoms with E-state index in [4.69, 9.17) is 9.47 Å². The highest BCUT2D eigenvalue weighted by Crippen LogP contribution is 2.34. The summed E-state index contributed by atoms with van der Waals surface area (Å²) in [5.41, 5.74) is 1.66. The van der Waals surface area contributed by atoms with E-state index in [0.29, 0.717) is 18.7 Å². The van der Waals surface area contributed by atoms with Crippen LogP contribution in [-0.2, 0) is 19.1 Å². The summed E-state index contributed by atoms with van der Waals surface area (Å²) in [7, 11) is 0. The van der Waals surface area contributed by atoms with E-state index in [2.05, 4.69) is 22.0 Å². The Kier molecular flexibility index (Phi) is 8.65. The lowest BCUT2D eigenvalue weighted by atomic mass is 9.95. The summed E-state index contributed by atoms with van der Waals surface area (Å²) in [6.07, 6.45) is 4.28. The van der Waals surface area contributed by atoms with E-state index in [0.717, 1.165) is 64.1 Å². The van der Waals surface area contributed by atoms with Crippen LogP contribution >= 0.6 is 0 Å². The molecule has 1 N–H and O–H groups in total. The third-order valence-electron chi connectivity index (χ3n) is 8.63. The number of nitrogens with zero attached hydrogens (tertiary/aromatic N) is 3. The third kappa shape index (κ3) is 5.60. The predicted molar refractivity (Wildman–Crippen MR) is 144 cm³/mol. The van der Waals surface area contributed by atoms with Crippen LogP contribution in [-0.4, -0.2) is 104 Å². The normalized spacial score (nSPS) is 27.1. The van der Waals surface area contributed by atoms with Crippen LogP contribution in [0, 0.1) is 5.92 Å². The smallest absolute Gasteiger partial charge is 0.251 e. The Labute approximate surface area is 225 Å². The van der Waals surface area contributed by atoms with Crippen molar-refractivity contribution in [2.45, 2.75) is 70.2 Å². The number of anilines is 1. The molecule has 1 saturated carbocycles. The zero-order chi connectivity index (χ0) is 26.6. The molecule has 2 amide bonds. The second-order valence-corrected chi connectivity index (χ2v) is 11.0. The minimum atomic E-state index is -0.661. The third-order valence-corrected chi connectivity index (χ3v) is 8.63. The summed E-state index contributed by atoms with van der Waals surface area (Å²) >= 11 is 0. The van der Waals surface area contributed by atoms with Gasteiger partial charge in [-0.2, -0.15) is 0 Å². The summed E-state index contributed by atoms with van der Waals surface area (Å²) in [5, 5.41) is 3.07. The molecule has 0 unspecified atom stereocenters. The average molecular weight is 527 g/mol. The molecule has 9 nitrogen and oxygen atoms in total. The van der Waals surface area contributed by atoms with Gasteiger partial charge in [0.25, 0.3) is 5.91 Å². The lowest BCUT2D eigenvalue weighted by molar-refractivity contribution is -0.139. The minimum Gasteiger partial charge on any atom is -0.374 e. The lowest BCUT2D eigenvalue weighted by Crippen LogP contribution is -2.54. The average Bonchev–Trinajstić information content (AvgIpc) is 3.68. The highest BCUT2D eigenvalue weighted by molar-refractivity contribution is 5.99. The summed E-state index contributed by atoms with van der Waals surface area (Å²) < 4.78 is 11.5. The standard InChI is InChI=1S/C29H42N4O5/c1-3-13-31-14-16-32(17-15-31)22-11-9-21(10-12-22)28(35)30-25(20-7-5-6-8-20)29(36)33-18-24(37-4-2)27-26(33)23(34)19-38-27/h9-12,20,24-27H,3-8,13-19H2,1-2H3,(H,30,35)/t24-,25-,26+,27+/m0/s1. The number of piperazine rings is 1. The van der Waals surface area contributed by atoms with Crippen molar-refractivity contribution in [3.8, 4) is 0 Å². The minimum absolute atomic E-state index is 0.00312. The number of carbonyl (C=O) groups is 3. The summed E-state index contributed by atoms with van der Waals surface area (Å²) in [6.45, 7) is 10.1. The topological polar surface area (TPSA) is 91.4 Å². The van der Waals surface area contributed by atoms with Gasteiger partial charge in [-0.15, -0.1) is 0 Å². The molecule has 4 fully saturated rings. The number of Topliss-reactive ketones (excluding diaryl/α,β-unsaturated/α-hetero) is 1. The Balaban J connectivity index is 1.27. The molecular formula is C29H42N4O5. The van der Waals surface area contributed by atoms with E-state index in [9.17, 15) is 14.4 Å². The van der Waals surface area contributed by atoms with Crippen molar-refractivity contribution >= 4 is 23.3 Å². The van der Waals surface area contributed by atoms with Crippen molar-refractivity contribution in [2.75, 3.05) is 57.4 Å². The first-order chi connectivity index (χ1) is 18.5. The Bertz CT molecular complexity index is 987. The molecular weight excluding hydrogens is 484 g/mol. The molecule has 3 saturated heterocycles. The summed E-state index contributed by atoms with van der Waals surface area (Å²) in [6, 6.07) is 6.42. The van der Waals surface area contributed by atoms with E-state index in [1.807, 2.05) is 31.2 Å². The summed E-state index contributed by atoms with van der Waals surface area (Å²) in [4.78, 5) is 46.4. The van der Waals surface area contributed by atoms with E-state index in [1.54, 1.807) is 4.90 Å². The molecule has 38 heavy (non-hydrogen) atoms. The van der Waals surface area contributed by atoms with Crippen LogP contribution in [0.5, 0.6) is 0 Å². The fourth-order valence-electron chi connectivity index (χ4n) is 6.64. The number of ether oxygens (including phenoxy) is 2. The number of carbonyl (C=O) groups excluding carboxylic acids is 3. The highest BCUT2D eigenvalue weighted by atomic mass is 16.6. The highest BCUT2D eigenvalue weighted by Gasteiger charge is 2.54. The SMILES string of the molecule is CCCN1CCN(c2ccc(C(=O)N[C@H](C(=O)N3C[C@H](OCC)[C@H]4OCC(=O)[C@H]43)C3CCCC3)cc2)CC1. The number of fused-ring (bicyclic) bond motifs is 1. The molecule has 1 aromatic carbocycles. The van der Waals surface area contributed by atoms with Gasteiger partial charge in [-0.25, -0.2) is 0 Å². The molecule has 0 spiro atoms. The van der Waals surface area contributed by atoms with Crippen molar-refractivity contribution in [3.63, 3.8) is 0 Å². The van der Waals surface area contributed by atoms with Gasteiger partial charge < -0.3 is 24.6 Å². The van der Waals surface area contributed by atoms with Crippen molar-refractivity contribution < 1.29 is 23.9 Å². The first kappa shape index (κ1) is 27.1.